The monoisotopic (exact) mass is 226 g/mol. The molecule has 0 unspecified atom stereocenters. The molecule has 0 spiro atoms. The SMILES string of the molecule is CCCCC=Nc1c(C)nc(Cl)nc1N. The van der Waals surface area contributed by atoms with Crippen molar-refractivity contribution in [2.45, 2.75) is 33.1 Å². The van der Waals surface area contributed by atoms with Gasteiger partial charge in [0.05, 0.1) is 5.69 Å². The summed E-state index contributed by atoms with van der Waals surface area (Å²) in [7, 11) is 0. The summed E-state index contributed by atoms with van der Waals surface area (Å²) in [6.45, 7) is 3.95. The van der Waals surface area contributed by atoms with Crippen molar-refractivity contribution in [3.63, 3.8) is 0 Å². The van der Waals surface area contributed by atoms with Gasteiger partial charge < -0.3 is 5.73 Å². The largest absolute Gasteiger partial charge is 0.382 e. The van der Waals surface area contributed by atoms with E-state index in [1.807, 2.05) is 13.1 Å². The Morgan fingerprint density at radius 2 is 2.20 bits per heavy atom. The summed E-state index contributed by atoms with van der Waals surface area (Å²) in [5, 5.41) is 0.164. The van der Waals surface area contributed by atoms with Crippen molar-refractivity contribution in [2.24, 2.45) is 4.99 Å². The Morgan fingerprint density at radius 3 is 2.80 bits per heavy atom. The summed E-state index contributed by atoms with van der Waals surface area (Å²) in [5.41, 5.74) is 7.02. The number of nitrogens with two attached hydrogens (primary N) is 1. The zero-order chi connectivity index (χ0) is 11.3. The van der Waals surface area contributed by atoms with Crippen LogP contribution in [0.15, 0.2) is 4.99 Å². The van der Waals surface area contributed by atoms with Gasteiger partial charge in [-0.3, -0.25) is 4.99 Å². The molecule has 0 aliphatic carbocycles. The molecule has 0 atom stereocenters. The third-order valence-electron chi connectivity index (χ3n) is 1.97. The highest BCUT2D eigenvalue weighted by Gasteiger charge is 2.05. The Labute approximate surface area is 94.6 Å². The molecule has 0 aromatic carbocycles. The van der Waals surface area contributed by atoms with Gasteiger partial charge in [0.1, 0.15) is 5.69 Å². The fourth-order valence-corrected chi connectivity index (χ4v) is 1.38. The first kappa shape index (κ1) is 11.9. The number of nitrogens with zero attached hydrogens (tertiary/aromatic N) is 3. The van der Waals surface area contributed by atoms with Crippen LogP contribution in [0.3, 0.4) is 0 Å². The van der Waals surface area contributed by atoms with Crippen LogP contribution in [0.1, 0.15) is 31.9 Å². The maximum absolute atomic E-state index is 5.69. The van der Waals surface area contributed by atoms with E-state index in [1.165, 1.54) is 0 Å². The van der Waals surface area contributed by atoms with E-state index in [0.29, 0.717) is 17.2 Å². The summed E-state index contributed by atoms with van der Waals surface area (Å²) >= 11 is 5.65. The smallest absolute Gasteiger partial charge is 0.224 e. The van der Waals surface area contributed by atoms with Crippen LogP contribution in [0, 0.1) is 6.92 Å². The van der Waals surface area contributed by atoms with E-state index >= 15 is 0 Å². The van der Waals surface area contributed by atoms with Gasteiger partial charge in [-0.15, -0.1) is 0 Å². The average molecular weight is 227 g/mol. The highest BCUT2D eigenvalue weighted by Crippen LogP contribution is 2.24. The number of halogens is 1. The standard InChI is InChI=1S/C10H15ClN4/c1-3-4-5-6-13-8-7(2)14-10(11)15-9(8)12/h6H,3-5H2,1-2H3,(H2,12,14,15). The van der Waals surface area contributed by atoms with Crippen LogP contribution < -0.4 is 5.73 Å². The van der Waals surface area contributed by atoms with E-state index in [0.717, 1.165) is 19.3 Å². The van der Waals surface area contributed by atoms with Gasteiger partial charge in [0.25, 0.3) is 0 Å². The average Bonchev–Trinajstić information content (AvgIpc) is 2.15. The van der Waals surface area contributed by atoms with Crippen molar-refractivity contribution < 1.29 is 0 Å². The third kappa shape index (κ3) is 3.47. The van der Waals surface area contributed by atoms with Crippen LogP contribution in [0.4, 0.5) is 11.5 Å². The van der Waals surface area contributed by atoms with Crippen molar-refractivity contribution in [1.82, 2.24) is 9.97 Å². The molecule has 1 rings (SSSR count). The van der Waals surface area contributed by atoms with Crippen LogP contribution >= 0.6 is 11.6 Å². The number of unbranched alkanes of at least 4 members (excludes halogenated alkanes) is 2. The molecule has 4 nitrogen and oxygen atoms in total. The molecule has 0 aliphatic rings. The molecule has 1 aromatic heterocycles. The second kappa shape index (κ2) is 5.66. The summed E-state index contributed by atoms with van der Waals surface area (Å²) in [6.07, 6.45) is 5.06. The summed E-state index contributed by atoms with van der Waals surface area (Å²) < 4.78 is 0. The fourth-order valence-electron chi connectivity index (χ4n) is 1.16. The number of hydrogen-bond donors (Lipinski definition) is 1. The topological polar surface area (TPSA) is 64.2 Å². The van der Waals surface area contributed by atoms with Crippen molar-refractivity contribution in [3.05, 3.63) is 11.0 Å². The van der Waals surface area contributed by atoms with Gasteiger partial charge in [0.2, 0.25) is 5.28 Å². The lowest BCUT2D eigenvalue weighted by Gasteiger charge is -2.02. The maximum Gasteiger partial charge on any atom is 0.224 e. The molecule has 0 bridgehead atoms. The lowest BCUT2D eigenvalue weighted by molar-refractivity contribution is 0.842. The fraction of sp³-hybridized carbons (Fsp3) is 0.500. The normalized spacial score (nSPS) is 11.1. The number of hydrogen-bond acceptors (Lipinski definition) is 4. The Morgan fingerprint density at radius 1 is 1.47 bits per heavy atom. The number of aromatic nitrogens is 2. The molecular formula is C10H15ClN4. The zero-order valence-corrected chi connectivity index (χ0v) is 9.75. The van der Waals surface area contributed by atoms with Gasteiger partial charge in [-0.05, 0) is 31.4 Å². The lowest BCUT2D eigenvalue weighted by atomic mass is 10.3. The summed E-state index contributed by atoms with van der Waals surface area (Å²) in [5.74, 6) is 0.334. The quantitative estimate of drug-likeness (QED) is 0.488. The predicted octanol–water partition coefficient (Wildman–Crippen LogP) is 2.91. The maximum atomic E-state index is 5.69. The van der Waals surface area contributed by atoms with Gasteiger partial charge >= 0.3 is 0 Å². The number of aryl methyl sites for hydroxylation is 1. The van der Waals surface area contributed by atoms with Crippen LogP contribution in [-0.4, -0.2) is 16.2 Å². The van der Waals surface area contributed by atoms with E-state index in [9.17, 15) is 0 Å². The van der Waals surface area contributed by atoms with E-state index in [4.69, 9.17) is 17.3 Å². The summed E-state index contributed by atoms with van der Waals surface area (Å²) in [6, 6.07) is 0. The molecule has 0 radical (unpaired) electrons. The Hall–Kier alpha value is -1.16. The van der Waals surface area contributed by atoms with Gasteiger partial charge in [0, 0.05) is 6.21 Å². The van der Waals surface area contributed by atoms with Gasteiger partial charge in [-0.1, -0.05) is 13.3 Å². The Balaban J connectivity index is 2.80. The molecule has 15 heavy (non-hydrogen) atoms. The van der Waals surface area contributed by atoms with E-state index in [1.54, 1.807) is 0 Å². The van der Waals surface area contributed by atoms with Crippen molar-refractivity contribution in [1.29, 1.82) is 0 Å². The van der Waals surface area contributed by atoms with Gasteiger partial charge in [-0.25, -0.2) is 4.98 Å². The van der Waals surface area contributed by atoms with E-state index < -0.39 is 0 Å². The van der Waals surface area contributed by atoms with E-state index in [-0.39, 0.29) is 5.28 Å². The molecule has 0 aliphatic heterocycles. The first-order valence-electron chi connectivity index (χ1n) is 4.97. The number of nitrogen functional groups attached to an aromatic ring is 1. The van der Waals surface area contributed by atoms with Crippen molar-refractivity contribution in [2.75, 3.05) is 5.73 Å². The molecular weight excluding hydrogens is 212 g/mol. The first-order chi connectivity index (χ1) is 7.15. The number of rotatable bonds is 4. The van der Waals surface area contributed by atoms with Crippen LogP contribution in [0.5, 0.6) is 0 Å². The van der Waals surface area contributed by atoms with Crippen LogP contribution in [-0.2, 0) is 0 Å². The molecule has 5 heteroatoms. The summed E-state index contributed by atoms with van der Waals surface area (Å²) in [4.78, 5) is 12.1. The number of aliphatic imine (C=N–C) groups is 1. The third-order valence-corrected chi connectivity index (χ3v) is 2.13. The number of anilines is 1. The van der Waals surface area contributed by atoms with Gasteiger partial charge in [-0.2, -0.15) is 4.98 Å². The molecule has 0 amide bonds. The van der Waals surface area contributed by atoms with Gasteiger partial charge in [0.15, 0.2) is 5.82 Å². The molecule has 2 N–H and O–H groups in total. The highest BCUT2D eigenvalue weighted by molar-refractivity contribution is 6.28. The lowest BCUT2D eigenvalue weighted by Crippen LogP contribution is -1.96. The molecule has 0 saturated carbocycles. The molecule has 0 fully saturated rings. The Bertz CT molecular complexity index is 339. The van der Waals surface area contributed by atoms with Crippen molar-refractivity contribution >= 4 is 29.3 Å². The molecule has 0 saturated heterocycles. The first-order valence-corrected chi connectivity index (χ1v) is 5.35. The zero-order valence-electron chi connectivity index (χ0n) is 9.00. The minimum absolute atomic E-state index is 0.164. The minimum atomic E-state index is 0.164. The predicted molar refractivity (Wildman–Crippen MR) is 63.9 cm³/mol. The molecule has 1 aromatic rings. The van der Waals surface area contributed by atoms with Crippen molar-refractivity contribution in [3.8, 4) is 0 Å². The van der Waals surface area contributed by atoms with Crippen LogP contribution in [0.25, 0.3) is 0 Å². The second-order valence-electron chi connectivity index (χ2n) is 3.27. The highest BCUT2D eigenvalue weighted by atomic mass is 35.5. The minimum Gasteiger partial charge on any atom is -0.382 e. The molecule has 82 valence electrons. The van der Waals surface area contributed by atoms with E-state index in [2.05, 4.69) is 21.9 Å². The van der Waals surface area contributed by atoms with Crippen LogP contribution in [0.2, 0.25) is 5.28 Å². The second-order valence-corrected chi connectivity index (χ2v) is 3.60. The Kier molecular flexibility index (Phi) is 4.49. The molecule has 1 heterocycles.